The van der Waals surface area contributed by atoms with Crippen LogP contribution in [0.1, 0.15) is 18.4 Å². The zero-order valence-corrected chi connectivity index (χ0v) is 12.2. The van der Waals surface area contributed by atoms with Crippen molar-refractivity contribution < 1.29 is 13.2 Å². The van der Waals surface area contributed by atoms with Gasteiger partial charge in [-0.2, -0.15) is 0 Å². The molecule has 0 spiro atoms. The Kier molecular flexibility index (Phi) is 4.42. The molecular formula is C13H19N3O3S. The largest absolute Gasteiger partial charge is 0.326 e. The molecule has 0 aromatic heterocycles. The predicted molar refractivity (Wildman–Crippen MR) is 76.8 cm³/mol. The van der Waals surface area contributed by atoms with Crippen LogP contribution in [0, 0.1) is 12.8 Å². The molecule has 6 nitrogen and oxygen atoms in total. The van der Waals surface area contributed by atoms with Crippen LogP contribution in [0.25, 0.3) is 0 Å². The fourth-order valence-electron chi connectivity index (χ4n) is 2.37. The normalized spacial score (nSPS) is 19.6. The summed E-state index contributed by atoms with van der Waals surface area (Å²) in [6.07, 6.45) is 1.81. The topological polar surface area (TPSA) is 101 Å². The quantitative estimate of drug-likeness (QED) is 0.759. The Labute approximate surface area is 118 Å². The van der Waals surface area contributed by atoms with Gasteiger partial charge in [0.05, 0.1) is 10.8 Å². The van der Waals surface area contributed by atoms with E-state index in [-0.39, 0.29) is 16.7 Å². The summed E-state index contributed by atoms with van der Waals surface area (Å²) in [5.41, 5.74) is 0.958. The molecular weight excluding hydrogens is 278 g/mol. The number of primary sulfonamides is 1. The highest BCUT2D eigenvalue weighted by molar-refractivity contribution is 7.89. The number of sulfonamides is 1. The maximum Gasteiger partial charge on any atom is 0.238 e. The average Bonchev–Trinajstić information content (AvgIpc) is 2.40. The van der Waals surface area contributed by atoms with Crippen LogP contribution in [0.15, 0.2) is 23.1 Å². The molecule has 1 aromatic carbocycles. The van der Waals surface area contributed by atoms with Crippen molar-refractivity contribution in [1.29, 1.82) is 0 Å². The number of piperidine rings is 1. The van der Waals surface area contributed by atoms with Crippen LogP contribution >= 0.6 is 0 Å². The molecule has 2 rings (SSSR count). The highest BCUT2D eigenvalue weighted by Crippen LogP contribution is 2.23. The Morgan fingerprint density at radius 2 is 2.20 bits per heavy atom. The fraction of sp³-hybridized carbons (Fsp3) is 0.462. The lowest BCUT2D eigenvalue weighted by Crippen LogP contribution is -2.37. The van der Waals surface area contributed by atoms with Gasteiger partial charge in [0.15, 0.2) is 0 Å². The third-order valence-corrected chi connectivity index (χ3v) is 4.57. The smallest absolute Gasteiger partial charge is 0.238 e. The van der Waals surface area contributed by atoms with Gasteiger partial charge in [-0.25, -0.2) is 13.6 Å². The molecule has 1 saturated heterocycles. The molecule has 0 saturated carbocycles. The molecule has 0 bridgehead atoms. The number of amides is 1. The second-order valence-corrected chi connectivity index (χ2v) is 6.54. The van der Waals surface area contributed by atoms with Gasteiger partial charge in [-0.3, -0.25) is 4.79 Å². The van der Waals surface area contributed by atoms with Gasteiger partial charge in [-0.05, 0) is 44.0 Å². The Morgan fingerprint density at radius 3 is 2.80 bits per heavy atom. The monoisotopic (exact) mass is 297 g/mol. The van der Waals surface area contributed by atoms with Gasteiger partial charge in [0.25, 0.3) is 0 Å². The number of hydrogen-bond donors (Lipinski definition) is 3. The van der Waals surface area contributed by atoms with E-state index in [4.69, 9.17) is 5.14 Å². The van der Waals surface area contributed by atoms with Crippen molar-refractivity contribution in [2.75, 3.05) is 18.4 Å². The highest BCUT2D eigenvalue weighted by atomic mass is 32.2. The molecule has 1 aliphatic rings. The van der Waals surface area contributed by atoms with Crippen molar-refractivity contribution in [3.05, 3.63) is 23.8 Å². The lowest BCUT2D eigenvalue weighted by molar-refractivity contribution is -0.120. The van der Waals surface area contributed by atoms with E-state index in [1.165, 1.54) is 6.07 Å². The minimum absolute atomic E-state index is 0.0390. The number of benzene rings is 1. The zero-order chi connectivity index (χ0) is 14.8. The van der Waals surface area contributed by atoms with Gasteiger partial charge in [0.2, 0.25) is 15.9 Å². The summed E-state index contributed by atoms with van der Waals surface area (Å²) >= 11 is 0. The first kappa shape index (κ1) is 15.0. The number of nitrogens with two attached hydrogens (primary N) is 1. The van der Waals surface area contributed by atoms with E-state index in [9.17, 15) is 13.2 Å². The van der Waals surface area contributed by atoms with Crippen molar-refractivity contribution in [3.8, 4) is 0 Å². The van der Waals surface area contributed by atoms with E-state index >= 15 is 0 Å². The van der Waals surface area contributed by atoms with Crippen molar-refractivity contribution in [2.24, 2.45) is 11.1 Å². The number of nitrogens with one attached hydrogen (secondary N) is 2. The van der Waals surface area contributed by atoms with Gasteiger partial charge in [-0.1, -0.05) is 6.07 Å². The molecule has 0 unspecified atom stereocenters. The zero-order valence-electron chi connectivity index (χ0n) is 11.3. The van der Waals surface area contributed by atoms with Crippen LogP contribution in [0.2, 0.25) is 0 Å². The maximum absolute atomic E-state index is 12.1. The molecule has 1 aliphatic heterocycles. The molecule has 7 heteroatoms. The van der Waals surface area contributed by atoms with E-state index < -0.39 is 10.0 Å². The molecule has 0 radical (unpaired) electrons. The minimum Gasteiger partial charge on any atom is -0.326 e. The SMILES string of the molecule is Cc1c(NC(=O)[C@@H]2CCCNC2)cccc1S(N)(=O)=O. The third kappa shape index (κ3) is 3.36. The summed E-state index contributed by atoms with van der Waals surface area (Å²) in [6, 6.07) is 4.68. The first-order valence-electron chi connectivity index (χ1n) is 6.53. The van der Waals surface area contributed by atoms with Crippen LogP contribution in [0.4, 0.5) is 5.69 Å². The summed E-state index contributed by atoms with van der Waals surface area (Å²) < 4.78 is 22.9. The number of anilines is 1. The van der Waals surface area contributed by atoms with Gasteiger partial charge < -0.3 is 10.6 Å². The van der Waals surface area contributed by atoms with E-state index in [0.29, 0.717) is 17.8 Å². The average molecular weight is 297 g/mol. The Hall–Kier alpha value is -1.44. The highest BCUT2D eigenvalue weighted by Gasteiger charge is 2.22. The van der Waals surface area contributed by atoms with Crippen LogP contribution < -0.4 is 15.8 Å². The molecule has 20 heavy (non-hydrogen) atoms. The van der Waals surface area contributed by atoms with Crippen LogP contribution in [0.5, 0.6) is 0 Å². The molecule has 1 atom stereocenters. The maximum atomic E-state index is 12.1. The van der Waals surface area contributed by atoms with Crippen LogP contribution in [0.3, 0.4) is 0 Å². The van der Waals surface area contributed by atoms with Gasteiger partial charge in [-0.15, -0.1) is 0 Å². The van der Waals surface area contributed by atoms with E-state index in [0.717, 1.165) is 19.4 Å². The summed E-state index contributed by atoms with van der Waals surface area (Å²) in [7, 11) is -3.78. The Balaban J connectivity index is 2.19. The van der Waals surface area contributed by atoms with Crippen molar-refractivity contribution in [1.82, 2.24) is 5.32 Å². The molecule has 4 N–H and O–H groups in total. The number of carbonyl (C=O) groups is 1. The van der Waals surface area contributed by atoms with Crippen molar-refractivity contribution in [3.63, 3.8) is 0 Å². The molecule has 1 amide bonds. The van der Waals surface area contributed by atoms with Gasteiger partial charge >= 0.3 is 0 Å². The first-order chi connectivity index (χ1) is 9.39. The molecule has 0 aliphatic carbocycles. The fourth-order valence-corrected chi connectivity index (χ4v) is 3.17. The molecule has 110 valence electrons. The van der Waals surface area contributed by atoms with Crippen molar-refractivity contribution >= 4 is 21.6 Å². The van der Waals surface area contributed by atoms with Gasteiger partial charge in [0, 0.05) is 12.2 Å². The summed E-state index contributed by atoms with van der Waals surface area (Å²) in [6.45, 7) is 3.22. The van der Waals surface area contributed by atoms with E-state index in [1.54, 1.807) is 19.1 Å². The van der Waals surface area contributed by atoms with E-state index in [2.05, 4.69) is 10.6 Å². The van der Waals surface area contributed by atoms with Crippen LogP contribution in [-0.2, 0) is 14.8 Å². The van der Waals surface area contributed by atoms with Crippen LogP contribution in [-0.4, -0.2) is 27.4 Å². The predicted octanol–water partition coefficient (Wildman–Crippen LogP) is 0.581. The number of rotatable bonds is 3. The molecule has 1 aromatic rings. The summed E-state index contributed by atoms with van der Waals surface area (Å²) in [4.78, 5) is 12.2. The lowest BCUT2D eigenvalue weighted by atomic mass is 9.98. The number of carbonyl (C=O) groups excluding carboxylic acids is 1. The third-order valence-electron chi connectivity index (χ3n) is 3.52. The molecule has 1 heterocycles. The lowest BCUT2D eigenvalue weighted by Gasteiger charge is -2.22. The summed E-state index contributed by atoms with van der Waals surface area (Å²) in [5.74, 6) is -0.173. The minimum atomic E-state index is -3.78. The number of hydrogen-bond acceptors (Lipinski definition) is 4. The van der Waals surface area contributed by atoms with E-state index in [1.807, 2.05) is 0 Å². The van der Waals surface area contributed by atoms with Crippen molar-refractivity contribution in [2.45, 2.75) is 24.7 Å². The first-order valence-corrected chi connectivity index (χ1v) is 8.08. The Morgan fingerprint density at radius 1 is 1.45 bits per heavy atom. The second-order valence-electron chi connectivity index (χ2n) is 5.01. The summed E-state index contributed by atoms with van der Waals surface area (Å²) in [5, 5.41) is 11.1. The van der Waals surface area contributed by atoms with Gasteiger partial charge in [0.1, 0.15) is 0 Å². The second kappa shape index (κ2) is 5.90. The molecule has 1 fully saturated rings. The standard InChI is InChI=1S/C13H19N3O3S/c1-9-11(5-2-6-12(9)20(14,18)19)16-13(17)10-4-3-7-15-8-10/h2,5-6,10,15H,3-4,7-8H2,1H3,(H,16,17)(H2,14,18,19)/t10-/m1/s1. The Bertz CT molecular complexity index is 607.